The van der Waals surface area contributed by atoms with E-state index in [0.717, 1.165) is 38.9 Å². The second kappa shape index (κ2) is 6.22. The van der Waals surface area contributed by atoms with Crippen molar-refractivity contribution in [3.63, 3.8) is 0 Å². The van der Waals surface area contributed by atoms with Crippen LogP contribution in [0.2, 0.25) is 0 Å². The standard InChI is InChI=1S/C15H27N3O3/c1-15(2,3)21-14(20)18-7-4-5-12(18)10-17-8-6-11(9-17)13(16)19/h11-12H,4-10H2,1-3H3,(H2,16,19)/t11?,12-/m1/s1. The number of likely N-dealkylation sites (tertiary alicyclic amines) is 2. The Morgan fingerprint density at radius 3 is 2.52 bits per heavy atom. The number of nitrogens with two attached hydrogens (primary N) is 1. The van der Waals surface area contributed by atoms with Crippen molar-refractivity contribution in [3.05, 3.63) is 0 Å². The minimum Gasteiger partial charge on any atom is -0.444 e. The van der Waals surface area contributed by atoms with Crippen LogP contribution in [0.25, 0.3) is 0 Å². The lowest BCUT2D eigenvalue weighted by Gasteiger charge is -2.30. The number of carbonyl (C=O) groups excluding carboxylic acids is 2. The quantitative estimate of drug-likeness (QED) is 0.849. The number of rotatable bonds is 3. The Hall–Kier alpha value is -1.30. The van der Waals surface area contributed by atoms with Gasteiger partial charge in [0.2, 0.25) is 5.91 Å². The molecule has 2 aliphatic heterocycles. The molecule has 1 unspecified atom stereocenters. The molecule has 2 atom stereocenters. The average Bonchev–Trinajstić information content (AvgIpc) is 2.96. The summed E-state index contributed by atoms with van der Waals surface area (Å²) in [6.07, 6.45) is 2.61. The van der Waals surface area contributed by atoms with Crippen molar-refractivity contribution < 1.29 is 14.3 Å². The molecule has 0 aliphatic carbocycles. The van der Waals surface area contributed by atoms with Crippen LogP contribution in [0.5, 0.6) is 0 Å². The average molecular weight is 297 g/mol. The van der Waals surface area contributed by atoms with Gasteiger partial charge in [-0.3, -0.25) is 4.79 Å². The summed E-state index contributed by atoms with van der Waals surface area (Å²) >= 11 is 0. The SMILES string of the molecule is CC(C)(C)OC(=O)N1CCC[C@@H]1CN1CCC(C(N)=O)C1. The summed E-state index contributed by atoms with van der Waals surface area (Å²) < 4.78 is 5.47. The number of nitrogens with zero attached hydrogens (tertiary/aromatic N) is 2. The van der Waals surface area contributed by atoms with Gasteiger partial charge in [-0.1, -0.05) is 0 Å². The minimum absolute atomic E-state index is 0.0404. The molecule has 2 N–H and O–H groups in total. The highest BCUT2D eigenvalue weighted by atomic mass is 16.6. The Balaban J connectivity index is 1.88. The Bertz CT molecular complexity index is 405. The first kappa shape index (κ1) is 16.1. The third-order valence-corrected chi connectivity index (χ3v) is 4.15. The van der Waals surface area contributed by atoms with E-state index in [4.69, 9.17) is 10.5 Å². The first-order valence-electron chi connectivity index (χ1n) is 7.77. The lowest BCUT2D eigenvalue weighted by Crippen LogP contribution is -2.45. The summed E-state index contributed by atoms with van der Waals surface area (Å²) in [6.45, 7) is 8.81. The zero-order chi connectivity index (χ0) is 15.6. The van der Waals surface area contributed by atoms with Crippen LogP contribution in [0.3, 0.4) is 0 Å². The Morgan fingerprint density at radius 1 is 1.24 bits per heavy atom. The predicted octanol–water partition coefficient (Wildman–Crippen LogP) is 1.19. The molecule has 2 aliphatic rings. The Kier molecular flexibility index (Phi) is 4.76. The number of amides is 2. The van der Waals surface area contributed by atoms with Crippen LogP contribution in [0.4, 0.5) is 4.79 Å². The van der Waals surface area contributed by atoms with Gasteiger partial charge in [0.25, 0.3) is 0 Å². The second-order valence-corrected chi connectivity index (χ2v) is 7.12. The van der Waals surface area contributed by atoms with E-state index in [-0.39, 0.29) is 24.0 Å². The number of hydrogen-bond donors (Lipinski definition) is 1. The largest absolute Gasteiger partial charge is 0.444 e. The molecule has 0 aromatic heterocycles. The fraction of sp³-hybridized carbons (Fsp3) is 0.867. The predicted molar refractivity (Wildman–Crippen MR) is 79.7 cm³/mol. The van der Waals surface area contributed by atoms with Gasteiger partial charge in [0.15, 0.2) is 0 Å². The van der Waals surface area contributed by atoms with Crippen molar-refractivity contribution in [2.45, 2.75) is 51.7 Å². The van der Waals surface area contributed by atoms with E-state index in [9.17, 15) is 9.59 Å². The van der Waals surface area contributed by atoms with E-state index in [0.29, 0.717) is 6.54 Å². The van der Waals surface area contributed by atoms with E-state index in [2.05, 4.69) is 4.90 Å². The van der Waals surface area contributed by atoms with Crippen molar-refractivity contribution in [1.82, 2.24) is 9.80 Å². The third kappa shape index (κ3) is 4.33. The lowest BCUT2D eigenvalue weighted by atomic mass is 10.1. The smallest absolute Gasteiger partial charge is 0.410 e. The number of hydrogen-bond acceptors (Lipinski definition) is 4. The molecule has 0 bridgehead atoms. The molecule has 2 rings (SSSR count). The summed E-state index contributed by atoms with van der Waals surface area (Å²) in [5, 5.41) is 0. The summed E-state index contributed by atoms with van der Waals surface area (Å²) in [4.78, 5) is 27.5. The molecule has 0 radical (unpaired) electrons. The highest BCUT2D eigenvalue weighted by molar-refractivity contribution is 5.77. The van der Waals surface area contributed by atoms with Crippen molar-refractivity contribution in [1.29, 1.82) is 0 Å². The molecule has 21 heavy (non-hydrogen) atoms. The van der Waals surface area contributed by atoms with Crippen LogP contribution < -0.4 is 5.73 Å². The highest BCUT2D eigenvalue weighted by Crippen LogP contribution is 2.24. The van der Waals surface area contributed by atoms with Crippen LogP contribution in [-0.4, -0.2) is 59.6 Å². The first-order valence-corrected chi connectivity index (χ1v) is 7.77. The highest BCUT2D eigenvalue weighted by Gasteiger charge is 2.35. The maximum absolute atomic E-state index is 12.2. The van der Waals surface area contributed by atoms with Crippen LogP contribution in [0.1, 0.15) is 40.0 Å². The maximum atomic E-state index is 12.2. The molecular formula is C15H27N3O3. The van der Waals surface area contributed by atoms with Gasteiger partial charge in [-0.25, -0.2) is 4.79 Å². The van der Waals surface area contributed by atoms with Gasteiger partial charge in [0, 0.05) is 25.7 Å². The molecule has 2 amide bonds. The van der Waals surface area contributed by atoms with Gasteiger partial charge < -0.3 is 20.3 Å². The fourth-order valence-electron chi connectivity index (χ4n) is 3.12. The zero-order valence-corrected chi connectivity index (χ0v) is 13.3. The van der Waals surface area contributed by atoms with Crippen molar-refractivity contribution in [3.8, 4) is 0 Å². The van der Waals surface area contributed by atoms with E-state index < -0.39 is 5.60 Å². The summed E-state index contributed by atoms with van der Waals surface area (Å²) in [6, 6.07) is 0.187. The van der Waals surface area contributed by atoms with Crippen LogP contribution >= 0.6 is 0 Å². The number of ether oxygens (including phenoxy) is 1. The van der Waals surface area contributed by atoms with Gasteiger partial charge >= 0.3 is 6.09 Å². The summed E-state index contributed by atoms with van der Waals surface area (Å²) in [7, 11) is 0. The minimum atomic E-state index is -0.463. The molecule has 2 heterocycles. The van der Waals surface area contributed by atoms with Crippen molar-refractivity contribution in [2.24, 2.45) is 11.7 Å². The molecule has 0 aromatic carbocycles. The molecule has 2 saturated heterocycles. The van der Waals surface area contributed by atoms with E-state index in [1.165, 1.54) is 0 Å². The monoisotopic (exact) mass is 297 g/mol. The molecular weight excluding hydrogens is 270 g/mol. The molecule has 0 saturated carbocycles. The van der Waals surface area contributed by atoms with Gasteiger partial charge in [0.05, 0.1) is 5.92 Å². The third-order valence-electron chi connectivity index (χ3n) is 4.15. The van der Waals surface area contributed by atoms with Crippen LogP contribution in [0, 0.1) is 5.92 Å². The molecule has 120 valence electrons. The second-order valence-electron chi connectivity index (χ2n) is 7.12. The molecule has 0 spiro atoms. The van der Waals surface area contributed by atoms with E-state index >= 15 is 0 Å². The van der Waals surface area contributed by atoms with Crippen LogP contribution in [0.15, 0.2) is 0 Å². The Labute approximate surface area is 126 Å². The number of carbonyl (C=O) groups is 2. The molecule has 0 aromatic rings. The molecule has 6 heteroatoms. The zero-order valence-electron chi connectivity index (χ0n) is 13.3. The fourth-order valence-corrected chi connectivity index (χ4v) is 3.12. The summed E-state index contributed by atoms with van der Waals surface area (Å²) in [5.41, 5.74) is 4.90. The topological polar surface area (TPSA) is 75.9 Å². The molecule has 6 nitrogen and oxygen atoms in total. The van der Waals surface area contributed by atoms with Crippen LogP contribution in [-0.2, 0) is 9.53 Å². The van der Waals surface area contributed by atoms with Gasteiger partial charge in [-0.2, -0.15) is 0 Å². The van der Waals surface area contributed by atoms with Gasteiger partial charge in [-0.15, -0.1) is 0 Å². The van der Waals surface area contributed by atoms with Gasteiger partial charge in [0.1, 0.15) is 5.60 Å². The first-order chi connectivity index (χ1) is 9.76. The lowest BCUT2D eigenvalue weighted by molar-refractivity contribution is -0.121. The normalized spacial score (nSPS) is 27.1. The van der Waals surface area contributed by atoms with E-state index in [1.807, 2.05) is 25.7 Å². The maximum Gasteiger partial charge on any atom is 0.410 e. The van der Waals surface area contributed by atoms with E-state index in [1.54, 1.807) is 0 Å². The van der Waals surface area contributed by atoms with Crippen molar-refractivity contribution in [2.75, 3.05) is 26.2 Å². The van der Waals surface area contributed by atoms with Crippen molar-refractivity contribution >= 4 is 12.0 Å². The Morgan fingerprint density at radius 2 is 1.95 bits per heavy atom. The van der Waals surface area contributed by atoms with Gasteiger partial charge in [-0.05, 0) is 46.6 Å². The summed E-state index contributed by atoms with van der Waals surface area (Å²) in [5.74, 6) is -0.255. The molecule has 2 fully saturated rings. The number of primary amides is 1.